The fourth-order valence-corrected chi connectivity index (χ4v) is 4.97. The van der Waals surface area contributed by atoms with Crippen LogP contribution in [0.5, 0.6) is 0 Å². The fraction of sp³-hybridized carbons (Fsp3) is 0.458. The number of aromatic nitrogens is 1. The molecule has 32 heavy (non-hydrogen) atoms. The van der Waals surface area contributed by atoms with Gasteiger partial charge in [-0.25, -0.2) is 4.98 Å². The molecule has 168 valence electrons. The maximum atomic E-state index is 13.7. The van der Waals surface area contributed by atoms with Crippen LogP contribution in [0.3, 0.4) is 0 Å². The Labute approximate surface area is 188 Å². The Morgan fingerprint density at radius 3 is 2.75 bits per heavy atom. The molecule has 0 unspecified atom stereocenters. The number of benzene rings is 1. The third-order valence-electron chi connectivity index (χ3n) is 6.79. The topological polar surface area (TPSA) is 72.0 Å². The Kier molecular flexibility index (Phi) is 5.91. The van der Waals surface area contributed by atoms with Crippen LogP contribution < -0.4 is 10.2 Å². The van der Waals surface area contributed by atoms with E-state index in [1.165, 1.54) is 0 Å². The fourth-order valence-electron chi connectivity index (χ4n) is 4.97. The molecule has 1 aromatic carbocycles. The summed E-state index contributed by atoms with van der Waals surface area (Å²) >= 11 is 0. The minimum absolute atomic E-state index is 0.0563. The van der Waals surface area contributed by atoms with Crippen LogP contribution in [-0.2, 0) is 4.79 Å². The largest absolute Gasteiger partial charge is 0.319 e. The Balaban J connectivity index is 1.38. The van der Waals surface area contributed by atoms with Gasteiger partial charge in [0, 0.05) is 45.0 Å². The molecular weight excluding hydrogens is 404 g/mol. The molecule has 0 saturated carbocycles. The molecule has 0 bridgehead atoms. The number of pyridine rings is 1. The van der Waals surface area contributed by atoms with E-state index in [0.29, 0.717) is 35.3 Å². The minimum atomic E-state index is -0.223. The summed E-state index contributed by atoms with van der Waals surface area (Å²) in [5, 5.41) is 2.90. The standard InChI is InChI=1S/C24H30N6O2/c1-27-12-14-28(15-13-27)16-18-6-5-11-29(18)17-22(31)30-21-9-3-2-7-19(21)24(32)26-20-8-4-10-25-23(20)30/h2-4,7-10,18H,5-6,11-17H2,1H3,(H,26,32)/t18-/m0/s1. The number of anilines is 3. The predicted octanol–water partition coefficient (Wildman–Crippen LogP) is 2.02. The van der Waals surface area contributed by atoms with E-state index in [1.54, 1.807) is 29.3 Å². The van der Waals surface area contributed by atoms with Crippen LogP contribution in [0.2, 0.25) is 0 Å². The monoisotopic (exact) mass is 434 g/mol. The Hall–Kier alpha value is -2.81. The summed E-state index contributed by atoms with van der Waals surface area (Å²) in [5.41, 5.74) is 1.62. The van der Waals surface area contributed by atoms with Gasteiger partial charge < -0.3 is 10.2 Å². The van der Waals surface area contributed by atoms with Crippen molar-refractivity contribution in [2.75, 3.05) is 63.1 Å². The van der Waals surface area contributed by atoms with Crippen molar-refractivity contribution in [3.8, 4) is 0 Å². The molecule has 1 atom stereocenters. The molecule has 8 nitrogen and oxygen atoms in total. The van der Waals surface area contributed by atoms with E-state index in [9.17, 15) is 9.59 Å². The van der Waals surface area contributed by atoms with Gasteiger partial charge in [0.15, 0.2) is 5.82 Å². The van der Waals surface area contributed by atoms with Gasteiger partial charge in [-0.05, 0) is 50.7 Å². The molecule has 3 aliphatic heterocycles. The van der Waals surface area contributed by atoms with Crippen molar-refractivity contribution in [3.63, 3.8) is 0 Å². The second-order valence-electron chi connectivity index (χ2n) is 8.95. The van der Waals surface area contributed by atoms with E-state index in [2.05, 4.69) is 32.0 Å². The number of hydrogen-bond acceptors (Lipinski definition) is 6. The lowest BCUT2D eigenvalue weighted by atomic mass is 10.1. The summed E-state index contributed by atoms with van der Waals surface area (Å²) in [6, 6.07) is 11.2. The zero-order valence-electron chi connectivity index (χ0n) is 18.5. The molecular formula is C24H30N6O2. The lowest BCUT2D eigenvalue weighted by Gasteiger charge is -2.36. The van der Waals surface area contributed by atoms with Crippen molar-refractivity contribution in [3.05, 3.63) is 48.2 Å². The van der Waals surface area contributed by atoms with Crippen LogP contribution in [0.4, 0.5) is 17.2 Å². The average Bonchev–Trinajstić information content (AvgIpc) is 3.17. The van der Waals surface area contributed by atoms with Crippen molar-refractivity contribution < 1.29 is 9.59 Å². The van der Waals surface area contributed by atoms with Crippen molar-refractivity contribution >= 4 is 29.0 Å². The van der Waals surface area contributed by atoms with E-state index in [1.807, 2.05) is 18.2 Å². The van der Waals surface area contributed by atoms with Gasteiger partial charge in [-0.15, -0.1) is 0 Å². The van der Waals surface area contributed by atoms with Crippen molar-refractivity contribution in [2.45, 2.75) is 18.9 Å². The molecule has 2 saturated heterocycles. The quantitative estimate of drug-likeness (QED) is 0.794. The minimum Gasteiger partial charge on any atom is -0.319 e. The van der Waals surface area contributed by atoms with Gasteiger partial charge in [0.25, 0.3) is 5.91 Å². The number of amides is 2. The first-order valence-electron chi connectivity index (χ1n) is 11.4. The predicted molar refractivity (Wildman–Crippen MR) is 124 cm³/mol. The summed E-state index contributed by atoms with van der Waals surface area (Å²) in [7, 11) is 2.17. The number of carbonyl (C=O) groups excluding carboxylic acids is 2. The molecule has 3 aliphatic rings. The Morgan fingerprint density at radius 2 is 1.91 bits per heavy atom. The van der Waals surface area contributed by atoms with Gasteiger partial charge in [-0.2, -0.15) is 0 Å². The molecule has 0 spiro atoms. The third-order valence-corrected chi connectivity index (χ3v) is 6.79. The lowest BCUT2D eigenvalue weighted by molar-refractivity contribution is -0.119. The molecule has 4 heterocycles. The molecule has 2 amide bonds. The Bertz CT molecular complexity index is 1000. The van der Waals surface area contributed by atoms with Crippen LogP contribution in [0.1, 0.15) is 23.2 Å². The number of hydrogen-bond donors (Lipinski definition) is 1. The number of rotatable bonds is 4. The number of nitrogens with zero attached hydrogens (tertiary/aromatic N) is 5. The highest BCUT2D eigenvalue weighted by molar-refractivity contribution is 6.17. The van der Waals surface area contributed by atoms with E-state index in [-0.39, 0.29) is 11.8 Å². The number of para-hydroxylation sites is 1. The maximum Gasteiger partial charge on any atom is 0.257 e. The van der Waals surface area contributed by atoms with Gasteiger partial charge in [0.2, 0.25) is 5.91 Å². The van der Waals surface area contributed by atoms with Gasteiger partial charge >= 0.3 is 0 Å². The molecule has 1 N–H and O–H groups in total. The van der Waals surface area contributed by atoms with Crippen LogP contribution in [0.15, 0.2) is 42.6 Å². The van der Waals surface area contributed by atoms with Gasteiger partial charge in [-0.1, -0.05) is 12.1 Å². The third kappa shape index (κ3) is 4.13. The summed E-state index contributed by atoms with van der Waals surface area (Å²) in [5.74, 6) is 0.198. The summed E-state index contributed by atoms with van der Waals surface area (Å²) in [4.78, 5) is 39.8. The number of piperazine rings is 1. The Morgan fingerprint density at radius 1 is 1.09 bits per heavy atom. The van der Waals surface area contributed by atoms with E-state index in [0.717, 1.165) is 52.1 Å². The van der Waals surface area contributed by atoms with Crippen molar-refractivity contribution in [1.82, 2.24) is 19.7 Å². The summed E-state index contributed by atoms with van der Waals surface area (Å²) in [6.07, 6.45) is 3.88. The smallest absolute Gasteiger partial charge is 0.257 e. The number of nitrogens with one attached hydrogen (secondary N) is 1. The van der Waals surface area contributed by atoms with Gasteiger partial charge in [0.05, 0.1) is 23.5 Å². The van der Waals surface area contributed by atoms with Crippen LogP contribution in [0, 0.1) is 0 Å². The number of carbonyl (C=O) groups is 2. The molecule has 0 radical (unpaired) electrons. The zero-order valence-corrected chi connectivity index (χ0v) is 18.5. The molecule has 2 fully saturated rings. The van der Waals surface area contributed by atoms with E-state index < -0.39 is 0 Å². The highest BCUT2D eigenvalue weighted by atomic mass is 16.2. The molecule has 0 aliphatic carbocycles. The average molecular weight is 435 g/mol. The van der Waals surface area contributed by atoms with Gasteiger partial charge in [-0.3, -0.25) is 24.3 Å². The van der Waals surface area contributed by atoms with Crippen LogP contribution in [0.25, 0.3) is 0 Å². The normalized spacial score (nSPS) is 22.2. The SMILES string of the molecule is CN1CCN(C[C@@H]2CCCN2CC(=O)N2c3ccccc3C(=O)Nc3cccnc32)CC1. The first-order chi connectivity index (χ1) is 15.6. The second-order valence-corrected chi connectivity index (χ2v) is 8.95. The number of fused-ring (bicyclic) bond motifs is 2. The van der Waals surface area contributed by atoms with Crippen LogP contribution in [-0.4, -0.2) is 90.4 Å². The number of likely N-dealkylation sites (tertiary alicyclic amines) is 1. The van der Waals surface area contributed by atoms with Gasteiger partial charge in [0.1, 0.15) is 0 Å². The maximum absolute atomic E-state index is 13.7. The van der Waals surface area contributed by atoms with E-state index >= 15 is 0 Å². The first-order valence-corrected chi connectivity index (χ1v) is 11.4. The molecule has 2 aromatic rings. The summed E-state index contributed by atoms with van der Waals surface area (Å²) < 4.78 is 0. The first kappa shape index (κ1) is 21.1. The second kappa shape index (κ2) is 8.97. The molecule has 8 heteroatoms. The number of likely N-dealkylation sites (N-methyl/N-ethyl adjacent to an activating group) is 1. The van der Waals surface area contributed by atoms with E-state index in [4.69, 9.17) is 0 Å². The molecule has 1 aromatic heterocycles. The lowest BCUT2D eigenvalue weighted by Crippen LogP contribution is -2.50. The van der Waals surface area contributed by atoms with Crippen molar-refractivity contribution in [1.29, 1.82) is 0 Å². The molecule has 5 rings (SSSR count). The van der Waals surface area contributed by atoms with Crippen molar-refractivity contribution in [2.24, 2.45) is 0 Å². The zero-order chi connectivity index (χ0) is 22.1. The highest BCUT2D eigenvalue weighted by Crippen LogP contribution is 2.36. The summed E-state index contributed by atoms with van der Waals surface area (Å²) in [6.45, 7) is 6.60. The van der Waals surface area contributed by atoms with Crippen LogP contribution >= 0.6 is 0 Å². The highest BCUT2D eigenvalue weighted by Gasteiger charge is 2.34.